The van der Waals surface area contributed by atoms with Crippen LogP contribution >= 0.6 is 22.6 Å². The summed E-state index contributed by atoms with van der Waals surface area (Å²) in [5.41, 5.74) is 0.865. The van der Waals surface area contributed by atoms with E-state index >= 15 is 0 Å². The van der Waals surface area contributed by atoms with Crippen molar-refractivity contribution in [3.8, 4) is 0 Å². The minimum Gasteiger partial charge on any atom is -0.393 e. The summed E-state index contributed by atoms with van der Waals surface area (Å²) in [6.07, 6.45) is 5.45. The lowest BCUT2D eigenvalue weighted by Gasteiger charge is -2.26. The van der Waals surface area contributed by atoms with Gasteiger partial charge in [0.2, 0.25) is 0 Å². The van der Waals surface area contributed by atoms with Gasteiger partial charge in [0.15, 0.2) is 5.65 Å². The summed E-state index contributed by atoms with van der Waals surface area (Å²) in [6, 6.07) is 4.35. The first kappa shape index (κ1) is 12.2. The van der Waals surface area contributed by atoms with Crippen molar-refractivity contribution < 1.29 is 5.11 Å². The lowest BCUT2D eigenvalue weighted by molar-refractivity contribution is 0.126. The lowest BCUT2D eigenvalue weighted by Crippen LogP contribution is -2.28. The van der Waals surface area contributed by atoms with E-state index in [0.717, 1.165) is 40.8 Å². The Kier molecular flexibility index (Phi) is 3.38. The molecule has 0 spiro atoms. The van der Waals surface area contributed by atoms with Crippen LogP contribution in [0.4, 0.5) is 5.82 Å². The SMILES string of the molecule is OC1CCC(Nc2ccc3ncc(I)n3n2)CC1. The van der Waals surface area contributed by atoms with Crippen LogP contribution in [0, 0.1) is 3.70 Å². The van der Waals surface area contributed by atoms with Crippen molar-refractivity contribution >= 4 is 34.1 Å². The van der Waals surface area contributed by atoms with Crippen LogP contribution in [0.2, 0.25) is 0 Å². The summed E-state index contributed by atoms with van der Waals surface area (Å²) in [7, 11) is 0. The number of nitrogens with one attached hydrogen (secondary N) is 1. The number of hydrogen-bond donors (Lipinski definition) is 2. The lowest BCUT2D eigenvalue weighted by atomic mass is 9.93. The zero-order chi connectivity index (χ0) is 12.5. The molecule has 0 saturated heterocycles. The summed E-state index contributed by atoms with van der Waals surface area (Å²) in [6.45, 7) is 0. The minimum absolute atomic E-state index is 0.118. The van der Waals surface area contributed by atoms with Crippen LogP contribution in [-0.4, -0.2) is 31.9 Å². The standard InChI is InChI=1S/C12H15IN4O/c13-10-7-14-12-6-5-11(16-17(10)12)15-8-1-3-9(18)4-2-8/h5-9,18H,1-4H2,(H,15,16). The molecule has 0 aromatic carbocycles. The predicted molar refractivity (Wildman–Crippen MR) is 77.6 cm³/mol. The Bertz CT molecular complexity index is 548. The van der Waals surface area contributed by atoms with Crippen molar-refractivity contribution in [2.75, 3.05) is 5.32 Å². The van der Waals surface area contributed by atoms with E-state index in [9.17, 15) is 5.11 Å². The number of aliphatic hydroxyl groups is 1. The quantitative estimate of drug-likeness (QED) is 0.807. The van der Waals surface area contributed by atoms with Gasteiger partial charge in [-0.25, -0.2) is 9.50 Å². The summed E-state index contributed by atoms with van der Waals surface area (Å²) in [4.78, 5) is 4.25. The predicted octanol–water partition coefficient (Wildman–Crippen LogP) is 2.05. The second-order valence-electron chi connectivity index (χ2n) is 4.72. The number of aromatic nitrogens is 3. The van der Waals surface area contributed by atoms with E-state index in [4.69, 9.17) is 0 Å². The molecule has 2 aromatic heterocycles. The fourth-order valence-corrected chi connectivity index (χ4v) is 2.85. The van der Waals surface area contributed by atoms with Crippen LogP contribution in [0.5, 0.6) is 0 Å². The minimum atomic E-state index is -0.118. The van der Waals surface area contributed by atoms with E-state index in [1.165, 1.54) is 0 Å². The first-order valence-corrected chi connectivity index (χ1v) is 7.25. The maximum absolute atomic E-state index is 9.49. The van der Waals surface area contributed by atoms with Gasteiger partial charge in [-0.2, -0.15) is 0 Å². The highest BCUT2D eigenvalue weighted by Crippen LogP contribution is 2.21. The molecule has 1 saturated carbocycles. The Morgan fingerprint density at radius 2 is 2.06 bits per heavy atom. The Morgan fingerprint density at radius 3 is 2.83 bits per heavy atom. The fourth-order valence-electron chi connectivity index (χ4n) is 2.35. The summed E-state index contributed by atoms with van der Waals surface area (Å²) >= 11 is 2.22. The molecule has 2 heterocycles. The monoisotopic (exact) mass is 358 g/mol. The highest BCUT2D eigenvalue weighted by Gasteiger charge is 2.19. The van der Waals surface area contributed by atoms with Gasteiger partial charge in [0, 0.05) is 6.04 Å². The number of aliphatic hydroxyl groups excluding tert-OH is 1. The first-order valence-electron chi connectivity index (χ1n) is 6.17. The Labute approximate surface area is 119 Å². The molecule has 6 heteroatoms. The Balaban J connectivity index is 1.76. The molecule has 1 fully saturated rings. The molecule has 18 heavy (non-hydrogen) atoms. The molecule has 0 radical (unpaired) electrons. The van der Waals surface area contributed by atoms with Crippen LogP contribution in [0.1, 0.15) is 25.7 Å². The van der Waals surface area contributed by atoms with Gasteiger partial charge in [0.25, 0.3) is 0 Å². The summed E-state index contributed by atoms with van der Waals surface area (Å²) < 4.78 is 2.84. The van der Waals surface area contributed by atoms with Crippen LogP contribution in [0.25, 0.3) is 5.65 Å². The number of rotatable bonds is 2. The van der Waals surface area contributed by atoms with Gasteiger partial charge in [0.1, 0.15) is 9.52 Å². The molecule has 96 valence electrons. The maximum Gasteiger partial charge on any atom is 0.154 e. The average Bonchev–Trinajstić information content (AvgIpc) is 2.74. The molecule has 0 unspecified atom stereocenters. The molecule has 1 aliphatic rings. The van der Waals surface area contributed by atoms with Crippen LogP contribution in [-0.2, 0) is 0 Å². The molecular formula is C12H15IN4O. The fraction of sp³-hybridized carbons (Fsp3) is 0.500. The molecular weight excluding hydrogens is 343 g/mol. The van der Waals surface area contributed by atoms with Crippen molar-refractivity contribution in [2.24, 2.45) is 0 Å². The molecule has 5 nitrogen and oxygen atoms in total. The zero-order valence-electron chi connectivity index (χ0n) is 9.88. The molecule has 3 rings (SSSR count). The highest BCUT2D eigenvalue weighted by atomic mass is 127. The van der Waals surface area contributed by atoms with Gasteiger partial charge in [-0.15, -0.1) is 5.10 Å². The first-order chi connectivity index (χ1) is 8.72. The van der Waals surface area contributed by atoms with Crippen molar-refractivity contribution in [2.45, 2.75) is 37.8 Å². The van der Waals surface area contributed by atoms with Gasteiger partial charge in [0.05, 0.1) is 12.3 Å². The molecule has 2 aromatic rings. The maximum atomic E-state index is 9.49. The van der Waals surface area contributed by atoms with Crippen LogP contribution in [0.15, 0.2) is 18.3 Å². The van der Waals surface area contributed by atoms with Gasteiger partial charge >= 0.3 is 0 Å². The number of halogens is 1. The third kappa shape index (κ3) is 2.44. The van der Waals surface area contributed by atoms with Crippen molar-refractivity contribution in [3.05, 3.63) is 22.0 Å². The third-order valence-electron chi connectivity index (χ3n) is 3.37. The third-order valence-corrected chi connectivity index (χ3v) is 4.10. The van der Waals surface area contributed by atoms with E-state index in [1.54, 1.807) is 0 Å². The van der Waals surface area contributed by atoms with Crippen molar-refractivity contribution in [3.63, 3.8) is 0 Å². The van der Waals surface area contributed by atoms with Crippen LogP contribution in [0.3, 0.4) is 0 Å². The van der Waals surface area contributed by atoms with Crippen LogP contribution < -0.4 is 5.32 Å². The second-order valence-corrected chi connectivity index (χ2v) is 5.82. The van der Waals surface area contributed by atoms with E-state index in [0.29, 0.717) is 6.04 Å². The number of anilines is 1. The average molecular weight is 358 g/mol. The van der Waals surface area contributed by atoms with Gasteiger partial charge in [-0.05, 0) is 60.4 Å². The van der Waals surface area contributed by atoms with E-state index in [1.807, 2.05) is 22.8 Å². The Hall–Kier alpha value is -0.890. The molecule has 1 aliphatic carbocycles. The summed E-state index contributed by atoms with van der Waals surface area (Å²) in [5, 5.41) is 17.4. The number of nitrogens with zero attached hydrogens (tertiary/aromatic N) is 3. The second kappa shape index (κ2) is 5.00. The van der Waals surface area contributed by atoms with Crippen molar-refractivity contribution in [1.82, 2.24) is 14.6 Å². The number of fused-ring (bicyclic) bond motifs is 1. The van der Waals surface area contributed by atoms with E-state index in [2.05, 4.69) is 38.0 Å². The molecule has 2 N–H and O–H groups in total. The van der Waals surface area contributed by atoms with Gasteiger partial charge < -0.3 is 10.4 Å². The highest BCUT2D eigenvalue weighted by molar-refractivity contribution is 14.1. The van der Waals surface area contributed by atoms with E-state index in [-0.39, 0.29) is 6.10 Å². The smallest absolute Gasteiger partial charge is 0.154 e. The van der Waals surface area contributed by atoms with Gasteiger partial charge in [-0.3, -0.25) is 0 Å². The van der Waals surface area contributed by atoms with Gasteiger partial charge in [-0.1, -0.05) is 0 Å². The molecule has 0 amide bonds. The topological polar surface area (TPSA) is 62.5 Å². The number of hydrogen-bond acceptors (Lipinski definition) is 4. The normalized spacial score (nSPS) is 24.3. The molecule has 0 bridgehead atoms. The summed E-state index contributed by atoms with van der Waals surface area (Å²) in [5.74, 6) is 0.875. The largest absolute Gasteiger partial charge is 0.393 e. The van der Waals surface area contributed by atoms with E-state index < -0.39 is 0 Å². The number of imidazole rings is 1. The van der Waals surface area contributed by atoms with Crippen molar-refractivity contribution in [1.29, 1.82) is 0 Å². The molecule has 0 atom stereocenters. The Morgan fingerprint density at radius 1 is 1.28 bits per heavy atom. The molecule has 0 aliphatic heterocycles. The zero-order valence-corrected chi connectivity index (χ0v) is 12.0.